The molecule has 0 unspecified atom stereocenters. The van der Waals surface area contributed by atoms with Crippen molar-refractivity contribution in [2.75, 3.05) is 6.26 Å². The van der Waals surface area contributed by atoms with Gasteiger partial charge in [0.25, 0.3) is 0 Å². The van der Waals surface area contributed by atoms with Gasteiger partial charge < -0.3 is 0 Å². The summed E-state index contributed by atoms with van der Waals surface area (Å²) in [6.45, 7) is 0. The Morgan fingerprint density at radius 3 is 2.40 bits per heavy atom. The monoisotopic (exact) mass is 225 g/mol. The van der Waals surface area contributed by atoms with Gasteiger partial charge in [-0.25, -0.2) is 0 Å². The molecule has 3 nitrogen and oxygen atoms in total. The smallest absolute Gasteiger partial charge is 0.183 e. The van der Waals surface area contributed by atoms with E-state index in [1.54, 1.807) is 0 Å². The minimum atomic E-state index is 0.425. The second-order valence-corrected chi connectivity index (χ2v) is 4.67. The highest BCUT2D eigenvalue weighted by molar-refractivity contribution is 8.13. The van der Waals surface area contributed by atoms with E-state index in [-0.39, 0.29) is 0 Å². The lowest BCUT2D eigenvalue weighted by molar-refractivity contribution is 0.455. The SMILES string of the molecule is CSC(=NC1CCCCCCC1)NC#N. The molecule has 84 valence electrons. The van der Waals surface area contributed by atoms with Gasteiger partial charge in [-0.1, -0.05) is 43.9 Å². The van der Waals surface area contributed by atoms with Gasteiger partial charge in [0.1, 0.15) is 0 Å². The molecule has 0 spiro atoms. The molecule has 4 heteroatoms. The van der Waals surface area contributed by atoms with Crippen molar-refractivity contribution in [1.82, 2.24) is 5.32 Å². The normalized spacial score (nSPS) is 20.1. The van der Waals surface area contributed by atoms with Crippen LogP contribution >= 0.6 is 11.8 Å². The van der Waals surface area contributed by atoms with E-state index in [0.29, 0.717) is 6.04 Å². The summed E-state index contributed by atoms with van der Waals surface area (Å²) in [5.41, 5.74) is 0. The van der Waals surface area contributed by atoms with E-state index in [0.717, 1.165) is 5.17 Å². The summed E-state index contributed by atoms with van der Waals surface area (Å²) >= 11 is 1.52. The number of thioether (sulfide) groups is 1. The number of hydrogen-bond acceptors (Lipinski definition) is 3. The van der Waals surface area contributed by atoms with Crippen molar-refractivity contribution in [3.8, 4) is 6.19 Å². The van der Waals surface area contributed by atoms with Gasteiger partial charge in [-0.15, -0.1) is 0 Å². The van der Waals surface area contributed by atoms with Gasteiger partial charge in [-0.2, -0.15) is 5.26 Å². The van der Waals surface area contributed by atoms with Gasteiger partial charge in [-0.05, 0) is 19.1 Å². The topological polar surface area (TPSA) is 48.2 Å². The van der Waals surface area contributed by atoms with Gasteiger partial charge in [0, 0.05) is 0 Å². The first-order valence-electron chi connectivity index (χ1n) is 5.63. The average molecular weight is 225 g/mol. The molecule has 1 saturated carbocycles. The Labute approximate surface area is 96.3 Å². The van der Waals surface area contributed by atoms with Crippen molar-refractivity contribution in [3.63, 3.8) is 0 Å². The zero-order valence-corrected chi connectivity index (χ0v) is 10.1. The van der Waals surface area contributed by atoms with Gasteiger partial charge in [-0.3, -0.25) is 10.3 Å². The number of nitrogens with zero attached hydrogens (tertiary/aromatic N) is 2. The third kappa shape index (κ3) is 5.08. The van der Waals surface area contributed by atoms with Crippen LogP contribution in [0.4, 0.5) is 0 Å². The highest BCUT2D eigenvalue weighted by Crippen LogP contribution is 2.20. The minimum absolute atomic E-state index is 0.425. The van der Waals surface area contributed by atoms with Crippen LogP contribution in [0.3, 0.4) is 0 Å². The predicted molar refractivity (Wildman–Crippen MR) is 65.8 cm³/mol. The van der Waals surface area contributed by atoms with Gasteiger partial charge >= 0.3 is 0 Å². The second kappa shape index (κ2) is 7.58. The van der Waals surface area contributed by atoms with E-state index in [4.69, 9.17) is 5.26 Å². The van der Waals surface area contributed by atoms with E-state index in [9.17, 15) is 0 Å². The fraction of sp³-hybridized carbons (Fsp3) is 0.818. The molecule has 0 saturated heterocycles. The van der Waals surface area contributed by atoms with Crippen molar-refractivity contribution >= 4 is 16.9 Å². The molecule has 0 radical (unpaired) electrons. The summed E-state index contributed by atoms with van der Waals surface area (Å²) in [6.07, 6.45) is 12.9. The van der Waals surface area contributed by atoms with Crippen molar-refractivity contribution < 1.29 is 0 Å². The second-order valence-electron chi connectivity index (χ2n) is 3.87. The third-order valence-electron chi connectivity index (χ3n) is 2.73. The van der Waals surface area contributed by atoms with Crippen LogP contribution in [0.2, 0.25) is 0 Å². The highest BCUT2D eigenvalue weighted by atomic mass is 32.2. The molecule has 0 aromatic carbocycles. The summed E-state index contributed by atoms with van der Waals surface area (Å²) in [5, 5.41) is 11.9. The number of nitriles is 1. The van der Waals surface area contributed by atoms with Crippen LogP contribution in [-0.2, 0) is 0 Å². The third-order valence-corrected chi connectivity index (χ3v) is 3.32. The summed E-state index contributed by atoms with van der Waals surface area (Å²) in [7, 11) is 0. The Kier molecular flexibility index (Phi) is 6.26. The maximum Gasteiger partial charge on any atom is 0.183 e. The van der Waals surface area contributed by atoms with E-state index < -0.39 is 0 Å². The van der Waals surface area contributed by atoms with Gasteiger partial charge in [0.15, 0.2) is 11.4 Å². The minimum Gasteiger partial charge on any atom is -0.272 e. The molecular formula is C11H19N3S. The van der Waals surface area contributed by atoms with Crippen molar-refractivity contribution in [2.24, 2.45) is 4.99 Å². The quantitative estimate of drug-likeness (QED) is 0.323. The Morgan fingerprint density at radius 2 is 1.87 bits per heavy atom. The molecule has 0 atom stereocenters. The molecule has 0 aromatic rings. The summed E-state index contributed by atoms with van der Waals surface area (Å²) in [5.74, 6) is 0. The molecule has 0 amide bonds. The largest absolute Gasteiger partial charge is 0.272 e. The Morgan fingerprint density at radius 1 is 1.27 bits per heavy atom. The van der Waals surface area contributed by atoms with Gasteiger partial charge in [0.2, 0.25) is 0 Å². The summed E-state index contributed by atoms with van der Waals surface area (Å²) < 4.78 is 0. The lowest BCUT2D eigenvalue weighted by Gasteiger charge is -2.16. The fourth-order valence-corrected chi connectivity index (χ4v) is 2.32. The standard InChI is InChI=1S/C11H19N3S/c1-15-11(13-9-12)14-10-7-5-3-2-4-6-8-10/h10H,2-8H2,1H3,(H,13,14). The van der Waals surface area contributed by atoms with E-state index >= 15 is 0 Å². The first kappa shape index (κ1) is 12.4. The molecule has 0 aliphatic heterocycles. The molecule has 1 fully saturated rings. The fourth-order valence-electron chi connectivity index (χ4n) is 1.91. The first-order valence-corrected chi connectivity index (χ1v) is 6.86. The maximum atomic E-state index is 8.54. The number of nitrogens with one attached hydrogen (secondary N) is 1. The molecule has 0 heterocycles. The van der Waals surface area contributed by atoms with Crippen molar-refractivity contribution in [3.05, 3.63) is 0 Å². The van der Waals surface area contributed by atoms with E-state index in [1.807, 2.05) is 12.4 Å². The van der Waals surface area contributed by atoms with E-state index in [1.165, 1.54) is 56.7 Å². The molecule has 1 aliphatic carbocycles. The predicted octanol–water partition coefficient (Wildman–Crippen LogP) is 2.89. The lowest BCUT2D eigenvalue weighted by Crippen LogP contribution is -2.18. The molecule has 0 bridgehead atoms. The van der Waals surface area contributed by atoms with Crippen LogP contribution in [-0.4, -0.2) is 17.5 Å². The number of rotatable bonds is 1. The van der Waals surface area contributed by atoms with Gasteiger partial charge in [0.05, 0.1) is 6.04 Å². The Balaban J connectivity index is 2.48. The maximum absolute atomic E-state index is 8.54. The van der Waals surface area contributed by atoms with Crippen LogP contribution in [0, 0.1) is 11.5 Å². The van der Waals surface area contributed by atoms with Crippen LogP contribution in [0.25, 0.3) is 0 Å². The molecule has 0 aromatic heterocycles. The average Bonchev–Trinajstić information content (AvgIpc) is 2.20. The molecule has 15 heavy (non-hydrogen) atoms. The Bertz CT molecular complexity index is 237. The van der Waals surface area contributed by atoms with E-state index in [2.05, 4.69) is 10.3 Å². The lowest BCUT2D eigenvalue weighted by atomic mass is 9.97. The Hall–Kier alpha value is -0.690. The van der Waals surface area contributed by atoms with Crippen LogP contribution < -0.4 is 5.32 Å². The molecule has 1 rings (SSSR count). The first-order chi connectivity index (χ1) is 7.36. The molecule has 1 aliphatic rings. The zero-order valence-electron chi connectivity index (χ0n) is 9.33. The number of hydrogen-bond donors (Lipinski definition) is 1. The number of aliphatic imine (C=N–C) groups is 1. The van der Waals surface area contributed by atoms with Crippen molar-refractivity contribution in [1.29, 1.82) is 5.26 Å². The highest BCUT2D eigenvalue weighted by Gasteiger charge is 2.10. The zero-order chi connectivity index (χ0) is 10.9. The van der Waals surface area contributed by atoms with Crippen molar-refractivity contribution in [2.45, 2.75) is 51.0 Å². The van der Waals surface area contributed by atoms with Crippen LogP contribution in [0.1, 0.15) is 44.9 Å². The number of amidine groups is 1. The molecular weight excluding hydrogens is 206 g/mol. The van der Waals surface area contributed by atoms with Crippen LogP contribution in [0.15, 0.2) is 4.99 Å². The summed E-state index contributed by atoms with van der Waals surface area (Å²) in [4.78, 5) is 4.59. The van der Waals surface area contributed by atoms with Crippen LogP contribution in [0.5, 0.6) is 0 Å². The summed E-state index contributed by atoms with van der Waals surface area (Å²) in [6, 6.07) is 0.425. The molecule has 1 N–H and O–H groups in total.